The molecule has 0 bridgehead atoms. The summed E-state index contributed by atoms with van der Waals surface area (Å²) in [7, 11) is 0. The van der Waals surface area contributed by atoms with E-state index in [0.717, 1.165) is 25.8 Å². The summed E-state index contributed by atoms with van der Waals surface area (Å²) in [5.41, 5.74) is 0.632. The highest BCUT2D eigenvalue weighted by molar-refractivity contribution is 5.51. The molecule has 1 aliphatic heterocycles. The number of nitrogens with zero attached hydrogens (tertiary/aromatic N) is 1. The van der Waals surface area contributed by atoms with Crippen molar-refractivity contribution in [2.45, 2.75) is 25.7 Å². The molecule has 1 fully saturated rings. The molecular weight excluding hydrogens is 114 g/mol. The van der Waals surface area contributed by atoms with Crippen molar-refractivity contribution >= 4 is 5.94 Å². The summed E-state index contributed by atoms with van der Waals surface area (Å²) >= 11 is 0. The van der Waals surface area contributed by atoms with Crippen molar-refractivity contribution in [3.63, 3.8) is 0 Å². The van der Waals surface area contributed by atoms with Crippen LogP contribution in [0.15, 0.2) is 5.70 Å². The van der Waals surface area contributed by atoms with Crippen LogP contribution >= 0.6 is 0 Å². The molecule has 0 saturated carbocycles. The molecule has 0 aliphatic carbocycles. The van der Waals surface area contributed by atoms with E-state index in [9.17, 15) is 4.79 Å². The van der Waals surface area contributed by atoms with Crippen molar-refractivity contribution in [1.29, 1.82) is 0 Å². The zero-order chi connectivity index (χ0) is 6.53. The van der Waals surface area contributed by atoms with Gasteiger partial charge < -0.3 is 0 Å². The van der Waals surface area contributed by atoms with Gasteiger partial charge in [-0.25, -0.2) is 4.79 Å². The van der Waals surface area contributed by atoms with Crippen LogP contribution in [0.2, 0.25) is 0 Å². The highest BCUT2D eigenvalue weighted by Gasteiger charge is 2.03. The number of allylic oxidation sites excluding steroid dienone is 1. The van der Waals surface area contributed by atoms with E-state index in [1.807, 2.05) is 5.94 Å². The van der Waals surface area contributed by atoms with Crippen molar-refractivity contribution in [3.8, 4) is 0 Å². The first-order valence-corrected chi connectivity index (χ1v) is 3.35. The largest absolute Gasteiger partial charge is 0.278 e. The first kappa shape index (κ1) is 6.37. The van der Waals surface area contributed by atoms with E-state index in [2.05, 4.69) is 5.32 Å². The van der Waals surface area contributed by atoms with Crippen LogP contribution in [0.5, 0.6) is 0 Å². The molecule has 1 rings (SSSR count). The lowest BCUT2D eigenvalue weighted by Gasteiger charge is -1.93. The third kappa shape index (κ3) is 1.90. The van der Waals surface area contributed by atoms with Gasteiger partial charge in [-0.15, -0.1) is 0 Å². The van der Waals surface area contributed by atoms with Crippen LogP contribution in [0.3, 0.4) is 0 Å². The molecule has 1 radical (unpaired) electrons. The molecule has 0 aromatic rings. The maximum atomic E-state index is 10.1. The highest BCUT2D eigenvalue weighted by Crippen LogP contribution is 2.09. The first-order chi connectivity index (χ1) is 4.43. The van der Waals surface area contributed by atoms with E-state index in [4.69, 9.17) is 0 Å². The molecule has 2 nitrogen and oxygen atoms in total. The molecule has 2 heteroatoms. The van der Waals surface area contributed by atoms with Gasteiger partial charge in [-0.1, -0.05) is 6.42 Å². The Labute approximate surface area is 54.9 Å². The van der Waals surface area contributed by atoms with E-state index in [1.54, 1.807) is 0 Å². The van der Waals surface area contributed by atoms with Gasteiger partial charge >= 0.3 is 0 Å². The highest BCUT2D eigenvalue weighted by atomic mass is 16.1. The van der Waals surface area contributed by atoms with Crippen molar-refractivity contribution in [2.75, 3.05) is 6.54 Å². The van der Waals surface area contributed by atoms with Gasteiger partial charge in [0.05, 0.1) is 0 Å². The van der Waals surface area contributed by atoms with Crippen LogP contribution in [0.1, 0.15) is 25.7 Å². The van der Waals surface area contributed by atoms with Crippen LogP contribution < -0.4 is 5.32 Å². The van der Waals surface area contributed by atoms with E-state index in [1.165, 1.54) is 6.42 Å². The topological polar surface area (TPSA) is 31.2 Å². The fourth-order valence-electron chi connectivity index (χ4n) is 0.957. The average Bonchev–Trinajstić information content (AvgIpc) is 2.13. The molecule has 0 spiro atoms. The summed E-state index contributed by atoms with van der Waals surface area (Å²) in [6.45, 7) is 0.824. The summed E-state index contributed by atoms with van der Waals surface area (Å²) < 4.78 is 0. The fraction of sp³-hybridized carbons (Fsp3) is 0.714. The molecular formula is C7H10NO. The summed E-state index contributed by atoms with van der Waals surface area (Å²) in [6.07, 6.45) is 4.28. The summed E-state index contributed by atoms with van der Waals surface area (Å²) in [5.74, 6) is 1.84. The molecule has 0 amide bonds. The lowest BCUT2D eigenvalue weighted by Crippen LogP contribution is -2.03. The predicted octanol–water partition coefficient (Wildman–Crippen LogP) is 0.880. The van der Waals surface area contributed by atoms with Crippen molar-refractivity contribution in [1.82, 2.24) is 5.32 Å². The SMILES string of the molecule is O=C=C1CCCCC[N]1. The smallest absolute Gasteiger partial charge is 0.147 e. The Bertz CT molecular complexity index is 126. The summed E-state index contributed by atoms with van der Waals surface area (Å²) in [4.78, 5) is 10.1. The van der Waals surface area contributed by atoms with Gasteiger partial charge in [-0.2, -0.15) is 0 Å². The molecule has 0 unspecified atom stereocenters. The Morgan fingerprint density at radius 1 is 1.33 bits per heavy atom. The molecule has 1 heterocycles. The average molecular weight is 124 g/mol. The monoisotopic (exact) mass is 124 g/mol. The molecule has 0 N–H and O–H groups in total. The zero-order valence-electron chi connectivity index (χ0n) is 5.39. The second-order valence-corrected chi connectivity index (χ2v) is 2.24. The second-order valence-electron chi connectivity index (χ2n) is 2.24. The van der Waals surface area contributed by atoms with Crippen LogP contribution in [-0.2, 0) is 4.79 Å². The number of carbonyl (C=O) groups excluding carboxylic acids is 1. The third-order valence-electron chi connectivity index (χ3n) is 1.49. The van der Waals surface area contributed by atoms with E-state index >= 15 is 0 Å². The molecule has 0 aromatic heterocycles. The minimum Gasteiger partial charge on any atom is -0.278 e. The fourth-order valence-corrected chi connectivity index (χ4v) is 0.957. The van der Waals surface area contributed by atoms with Gasteiger partial charge in [0.2, 0.25) is 0 Å². The van der Waals surface area contributed by atoms with E-state index < -0.39 is 0 Å². The zero-order valence-corrected chi connectivity index (χ0v) is 5.39. The van der Waals surface area contributed by atoms with Gasteiger partial charge in [-0.05, 0) is 12.8 Å². The van der Waals surface area contributed by atoms with Gasteiger partial charge in [0.1, 0.15) is 11.6 Å². The maximum Gasteiger partial charge on any atom is 0.147 e. The normalized spacial score (nSPS) is 19.8. The number of hydrogen-bond donors (Lipinski definition) is 0. The van der Waals surface area contributed by atoms with Crippen molar-refractivity contribution < 1.29 is 4.79 Å². The summed E-state index contributed by atoms with van der Waals surface area (Å²) in [5, 5.41) is 4.03. The third-order valence-corrected chi connectivity index (χ3v) is 1.49. The minimum absolute atomic E-state index is 0.632. The predicted molar refractivity (Wildman–Crippen MR) is 34.7 cm³/mol. The van der Waals surface area contributed by atoms with Gasteiger partial charge in [0, 0.05) is 13.0 Å². The lowest BCUT2D eigenvalue weighted by atomic mass is 10.2. The molecule has 9 heavy (non-hydrogen) atoms. The number of hydrogen-bond acceptors (Lipinski definition) is 1. The Balaban J connectivity index is 2.45. The molecule has 49 valence electrons. The van der Waals surface area contributed by atoms with Gasteiger partial charge in [0.15, 0.2) is 0 Å². The second kappa shape index (κ2) is 3.31. The quantitative estimate of drug-likeness (QED) is 0.441. The first-order valence-electron chi connectivity index (χ1n) is 3.35. The molecule has 1 saturated heterocycles. The van der Waals surface area contributed by atoms with Crippen LogP contribution in [0.25, 0.3) is 0 Å². The van der Waals surface area contributed by atoms with Gasteiger partial charge in [0.25, 0.3) is 0 Å². The maximum absolute atomic E-state index is 10.1. The Hall–Kier alpha value is -0.750. The van der Waals surface area contributed by atoms with Crippen LogP contribution in [0.4, 0.5) is 0 Å². The van der Waals surface area contributed by atoms with Crippen molar-refractivity contribution in [3.05, 3.63) is 5.70 Å². The molecule has 1 aliphatic rings. The van der Waals surface area contributed by atoms with E-state index in [-0.39, 0.29) is 0 Å². The van der Waals surface area contributed by atoms with Crippen molar-refractivity contribution in [2.24, 2.45) is 0 Å². The van der Waals surface area contributed by atoms with E-state index in [0.29, 0.717) is 5.70 Å². The Morgan fingerprint density at radius 3 is 3.00 bits per heavy atom. The van der Waals surface area contributed by atoms with Crippen LogP contribution in [0, 0.1) is 0 Å². The minimum atomic E-state index is 0.632. The Morgan fingerprint density at radius 2 is 2.22 bits per heavy atom. The Kier molecular flexibility index (Phi) is 2.34. The van der Waals surface area contributed by atoms with Gasteiger partial charge in [-0.3, -0.25) is 5.32 Å². The van der Waals surface area contributed by atoms with Crippen LogP contribution in [-0.4, -0.2) is 12.5 Å². The molecule has 0 atom stereocenters. The summed E-state index contributed by atoms with van der Waals surface area (Å²) in [6, 6.07) is 0. The standard InChI is InChI=1S/C7H10NO/c9-6-7-4-2-1-3-5-8-7/h1-5H2. The molecule has 0 aromatic carbocycles. The number of rotatable bonds is 0. The lowest BCUT2D eigenvalue weighted by molar-refractivity contribution is 0.563.